The van der Waals surface area contributed by atoms with Crippen LogP contribution in [0.2, 0.25) is 0 Å². The van der Waals surface area contributed by atoms with Gasteiger partial charge in [0.25, 0.3) is 0 Å². The number of aliphatic hydroxyl groups is 2. The first kappa shape index (κ1) is 16.9. The molecule has 0 bridgehead atoms. The SMILES string of the molecule is CC(C)(O)[C@@H](O)CC(=O)c1cc(O)c2c(O)ccc(O)c2c1O. The molecule has 0 fully saturated rings. The molecule has 1 atom stereocenters. The number of carbonyl (C=O) groups is 1. The fraction of sp³-hybridized carbons (Fsp3) is 0.312. The second-order valence-electron chi connectivity index (χ2n) is 5.94. The van der Waals surface area contributed by atoms with Gasteiger partial charge in [-0.1, -0.05) is 0 Å². The zero-order chi connectivity index (χ0) is 17.5. The molecule has 0 saturated heterocycles. The van der Waals surface area contributed by atoms with Crippen LogP contribution in [-0.2, 0) is 0 Å². The van der Waals surface area contributed by atoms with Gasteiger partial charge in [-0.05, 0) is 32.0 Å². The van der Waals surface area contributed by atoms with Gasteiger partial charge in [0.05, 0.1) is 28.0 Å². The minimum atomic E-state index is -1.52. The number of phenolic OH excluding ortho intramolecular Hbond substituents is 4. The average Bonchev–Trinajstić information content (AvgIpc) is 2.44. The third-order valence-electron chi connectivity index (χ3n) is 3.69. The van der Waals surface area contributed by atoms with E-state index in [1.165, 1.54) is 13.8 Å². The lowest BCUT2D eigenvalue weighted by Crippen LogP contribution is -2.37. The van der Waals surface area contributed by atoms with Crippen molar-refractivity contribution in [1.82, 2.24) is 0 Å². The lowest BCUT2D eigenvalue weighted by molar-refractivity contribution is -0.0474. The Morgan fingerprint density at radius 1 is 1.04 bits per heavy atom. The summed E-state index contributed by atoms with van der Waals surface area (Å²) in [5.41, 5.74) is -1.86. The molecule has 7 nitrogen and oxygen atoms in total. The van der Waals surface area contributed by atoms with E-state index in [0.717, 1.165) is 18.2 Å². The second kappa shape index (κ2) is 5.60. The molecule has 0 radical (unpaired) electrons. The smallest absolute Gasteiger partial charge is 0.169 e. The Hall–Kier alpha value is -2.51. The van der Waals surface area contributed by atoms with Gasteiger partial charge >= 0.3 is 0 Å². The minimum Gasteiger partial charge on any atom is -0.507 e. The van der Waals surface area contributed by atoms with Gasteiger partial charge in [-0.15, -0.1) is 0 Å². The van der Waals surface area contributed by atoms with Crippen LogP contribution in [0.4, 0.5) is 0 Å². The van der Waals surface area contributed by atoms with Crippen LogP contribution in [-0.4, -0.2) is 48.1 Å². The number of aromatic hydroxyl groups is 4. The molecule has 0 heterocycles. The topological polar surface area (TPSA) is 138 Å². The summed E-state index contributed by atoms with van der Waals surface area (Å²) in [6.45, 7) is 2.65. The normalized spacial score (nSPS) is 13.2. The Morgan fingerprint density at radius 3 is 2.09 bits per heavy atom. The number of benzene rings is 2. The summed E-state index contributed by atoms with van der Waals surface area (Å²) in [6.07, 6.45) is -1.88. The van der Waals surface area contributed by atoms with E-state index in [9.17, 15) is 35.4 Å². The number of aliphatic hydroxyl groups excluding tert-OH is 1. The van der Waals surface area contributed by atoms with Gasteiger partial charge in [-0.3, -0.25) is 4.79 Å². The highest BCUT2D eigenvalue weighted by Gasteiger charge is 2.29. The maximum atomic E-state index is 12.2. The molecule has 2 aromatic rings. The number of ketones is 1. The summed E-state index contributed by atoms with van der Waals surface area (Å²) < 4.78 is 0. The Bertz CT molecular complexity index is 774. The van der Waals surface area contributed by atoms with E-state index < -0.39 is 41.2 Å². The van der Waals surface area contributed by atoms with Gasteiger partial charge in [0.2, 0.25) is 0 Å². The predicted octanol–water partition coefficient (Wildman–Crippen LogP) is 1.37. The fourth-order valence-corrected chi connectivity index (χ4v) is 2.24. The monoisotopic (exact) mass is 322 g/mol. The van der Waals surface area contributed by atoms with Gasteiger partial charge in [-0.2, -0.15) is 0 Å². The number of phenols is 4. The summed E-state index contributed by atoms with van der Waals surface area (Å²) in [6, 6.07) is 3.18. The highest BCUT2D eigenvalue weighted by Crippen LogP contribution is 2.45. The molecule has 0 aromatic heterocycles. The molecular formula is C16H18O7. The van der Waals surface area contributed by atoms with Crippen LogP contribution >= 0.6 is 0 Å². The molecule has 0 unspecified atom stereocenters. The molecule has 2 aromatic carbocycles. The van der Waals surface area contributed by atoms with Crippen molar-refractivity contribution in [2.75, 3.05) is 0 Å². The number of hydrogen-bond donors (Lipinski definition) is 6. The largest absolute Gasteiger partial charge is 0.507 e. The maximum Gasteiger partial charge on any atom is 0.169 e. The number of Topliss-reactive ketones (excluding diaryl/α,β-unsaturated/α-hetero) is 1. The molecular weight excluding hydrogens is 304 g/mol. The van der Waals surface area contributed by atoms with Crippen molar-refractivity contribution < 1.29 is 35.4 Å². The molecule has 0 amide bonds. The van der Waals surface area contributed by atoms with Crippen molar-refractivity contribution in [2.45, 2.75) is 32.0 Å². The van der Waals surface area contributed by atoms with Crippen LogP contribution < -0.4 is 0 Å². The first-order chi connectivity index (χ1) is 10.5. The van der Waals surface area contributed by atoms with Crippen LogP contribution in [0.1, 0.15) is 30.6 Å². The van der Waals surface area contributed by atoms with Crippen molar-refractivity contribution in [2.24, 2.45) is 0 Å². The fourth-order valence-electron chi connectivity index (χ4n) is 2.24. The third-order valence-corrected chi connectivity index (χ3v) is 3.69. The lowest BCUT2D eigenvalue weighted by Gasteiger charge is -2.24. The maximum absolute atomic E-state index is 12.2. The highest BCUT2D eigenvalue weighted by atomic mass is 16.3. The molecule has 0 aliphatic rings. The number of hydrogen-bond acceptors (Lipinski definition) is 7. The molecule has 0 aliphatic carbocycles. The van der Waals surface area contributed by atoms with Crippen molar-refractivity contribution >= 4 is 16.6 Å². The van der Waals surface area contributed by atoms with E-state index in [1.807, 2.05) is 0 Å². The van der Waals surface area contributed by atoms with E-state index in [1.54, 1.807) is 0 Å². The van der Waals surface area contributed by atoms with E-state index in [4.69, 9.17) is 0 Å². The number of carbonyl (C=O) groups excluding carboxylic acids is 1. The average molecular weight is 322 g/mol. The zero-order valence-corrected chi connectivity index (χ0v) is 12.6. The van der Waals surface area contributed by atoms with Crippen molar-refractivity contribution in [3.63, 3.8) is 0 Å². The summed E-state index contributed by atoms with van der Waals surface area (Å²) in [4.78, 5) is 12.2. The van der Waals surface area contributed by atoms with Gasteiger partial charge in [-0.25, -0.2) is 0 Å². The molecule has 0 spiro atoms. The van der Waals surface area contributed by atoms with E-state index >= 15 is 0 Å². The summed E-state index contributed by atoms with van der Waals surface area (Å²) in [5, 5.41) is 58.8. The minimum absolute atomic E-state index is 0.193. The Kier molecular flexibility index (Phi) is 4.10. The van der Waals surface area contributed by atoms with Crippen LogP contribution in [0.15, 0.2) is 18.2 Å². The first-order valence-corrected chi connectivity index (χ1v) is 6.87. The zero-order valence-electron chi connectivity index (χ0n) is 12.6. The van der Waals surface area contributed by atoms with Crippen molar-refractivity contribution in [3.05, 3.63) is 23.8 Å². The Balaban J connectivity index is 2.57. The molecule has 124 valence electrons. The molecule has 23 heavy (non-hydrogen) atoms. The Morgan fingerprint density at radius 2 is 1.57 bits per heavy atom. The molecule has 0 saturated carbocycles. The van der Waals surface area contributed by atoms with Crippen molar-refractivity contribution in [3.8, 4) is 23.0 Å². The van der Waals surface area contributed by atoms with Gasteiger partial charge in [0, 0.05) is 6.42 Å². The van der Waals surface area contributed by atoms with Crippen molar-refractivity contribution in [1.29, 1.82) is 0 Å². The lowest BCUT2D eigenvalue weighted by atomic mass is 9.92. The van der Waals surface area contributed by atoms with Crippen LogP contribution in [0, 0.1) is 0 Å². The first-order valence-electron chi connectivity index (χ1n) is 6.87. The summed E-state index contributed by atoms with van der Waals surface area (Å²) >= 11 is 0. The predicted molar refractivity (Wildman–Crippen MR) is 81.9 cm³/mol. The highest BCUT2D eigenvalue weighted by molar-refractivity contribution is 6.10. The van der Waals surface area contributed by atoms with Gasteiger partial charge in [0.1, 0.15) is 23.0 Å². The Labute approximate surface area is 131 Å². The molecule has 0 aliphatic heterocycles. The molecule has 2 rings (SSSR count). The van der Waals surface area contributed by atoms with E-state index in [0.29, 0.717) is 0 Å². The second-order valence-corrected chi connectivity index (χ2v) is 5.94. The van der Waals surface area contributed by atoms with Crippen LogP contribution in [0.25, 0.3) is 10.8 Å². The van der Waals surface area contributed by atoms with Crippen LogP contribution in [0.3, 0.4) is 0 Å². The molecule has 7 heteroatoms. The number of fused-ring (bicyclic) bond motifs is 1. The van der Waals surface area contributed by atoms with Crippen LogP contribution in [0.5, 0.6) is 23.0 Å². The van der Waals surface area contributed by atoms with E-state index in [-0.39, 0.29) is 22.1 Å². The standard InChI is InChI=1S/C16H18O7/c1-16(2,23)12(21)6-10(19)7-5-11(20)13-8(17)3-4-9(18)14(13)15(7)22/h3-5,12,17-18,20-23H,6H2,1-2H3/t12-/m0/s1. The van der Waals surface area contributed by atoms with E-state index in [2.05, 4.69) is 0 Å². The van der Waals surface area contributed by atoms with Gasteiger partial charge in [0.15, 0.2) is 5.78 Å². The molecule has 6 N–H and O–H groups in total. The third kappa shape index (κ3) is 3.01. The van der Waals surface area contributed by atoms with Gasteiger partial charge < -0.3 is 30.6 Å². The number of rotatable bonds is 4. The summed E-state index contributed by atoms with van der Waals surface area (Å²) in [5.74, 6) is -2.67. The summed E-state index contributed by atoms with van der Waals surface area (Å²) in [7, 11) is 0. The quantitative estimate of drug-likeness (QED) is 0.369.